The van der Waals surface area contributed by atoms with E-state index in [1.165, 1.54) is 13.2 Å². The first kappa shape index (κ1) is 11.6. The van der Waals surface area contributed by atoms with Crippen LogP contribution in [0.3, 0.4) is 0 Å². The lowest BCUT2D eigenvalue weighted by Crippen LogP contribution is -1.95. The molecule has 94 valence electrons. The van der Waals surface area contributed by atoms with E-state index in [0.29, 0.717) is 33.2 Å². The van der Waals surface area contributed by atoms with Gasteiger partial charge in [0.05, 0.1) is 23.7 Å². The van der Waals surface area contributed by atoms with Crippen LogP contribution in [0.2, 0.25) is 0 Å². The van der Waals surface area contributed by atoms with Crippen molar-refractivity contribution in [1.29, 1.82) is 0 Å². The van der Waals surface area contributed by atoms with Crippen molar-refractivity contribution in [2.24, 2.45) is 0 Å². The Morgan fingerprint density at radius 1 is 1.32 bits per heavy atom. The number of rotatable bonds is 2. The summed E-state index contributed by atoms with van der Waals surface area (Å²) < 4.78 is 19.5. The molecule has 0 radical (unpaired) electrons. The molecule has 0 amide bonds. The number of fused-ring (bicyclic) bond motifs is 3. The predicted octanol–water partition coefficient (Wildman–Crippen LogP) is 3.57. The number of benzene rings is 1. The quantitative estimate of drug-likeness (QED) is 0.656. The van der Waals surface area contributed by atoms with Gasteiger partial charge >= 0.3 is 0 Å². The highest BCUT2D eigenvalue weighted by molar-refractivity contribution is 6.05. The van der Waals surface area contributed by atoms with Gasteiger partial charge in [0.15, 0.2) is 0 Å². The van der Waals surface area contributed by atoms with E-state index in [1.54, 1.807) is 30.5 Å². The van der Waals surface area contributed by atoms with E-state index < -0.39 is 0 Å². The van der Waals surface area contributed by atoms with Crippen LogP contribution in [0.15, 0.2) is 37.0 Å². The van der Waals surface area contributed by atoms with Crippen molar-refractivity contribution in [2.75, 3.05) is 7.11 Å². The van der Waals surface area contributed by atoms with E-state index in [2.05, 4.69) is 16.5 Å². The van der Waals surface area contributed by atoms with Crippen LogP contribution in [0.4, 0.5) is 4.39 Å². The molecule has 2 aromatic heterocycles. The maximum Gasteiger partial charge on any atom is 0.137 e. The van der Waals surface area contributed by atoms with Crippen LogP contribution in [0, 0.1) is 5.82 Å². The van der Waals surface area contributed by atoms with Crippen molar-refractivity contribution >= 4 is 27.9 Å². The lowest BCUT2D eigenvalue weighted by atomic mass is 10.1. The summed E-state index contributed by atoms with van der Waals surface area (Å²) in [5, 5.41) is 1.06. The number of methoxy groups -OCH3 is 1. The third-order valence-electron chi connectivity index (χ3n) is 3.02. The van der Waals surface area contributed by atoms with Gasteiger partial charge in [0, 0.05) is 17.6 Å². The van der Waals surface area contributed by atoms with Crippen LogP contribution in [0.5, 0.6) is 5.75 Å². The van der Waals surface area contributed by atoms with Gasteiger partial charge in [-0.2, -0.15) is 0 Å². The van der Waals surface area contributed by atoms with E-state index in [1.807, 2.05) is 0 Å². The van der Waals surface area contributed by atoms with Crippen molar-refractivity contribution in [2.45, 2.75) is 0 Å². The molecule has 19 heavy (non-hydrogen) atoms. The zero-order valence-corrected chi connectivity index (χ0v) is 10.4. The summed E-state index contributed by atoms with van der Waals surface area (Å²) in [5.74, 6) is 0.0698. The van der Waals surface area contributed by atoms with Crippen molar-refractivity contribution in [1.82, 2.24) is 9.97 Å². The van der Waals surface area contributed by atoms with E-state index in [-0.39, 0.29) is 5.82 Å². The minimum absolute atomic E-state index is 0.347. The second-order valence-electron chi connectivity index (χ2n) is 4.11. The summed E-state index contributed by atoms with van der Waals surface area (Å²) in [6.45, 7) is 3.68. The van der Waals surface area contributed by atoms with Crippen LogP contribution in [0.1, 0.15) is 5.69 Å². The van der Waals surface area contributed by atoms with Gasteiger partial charge in [-0.25, -0.2) is 9.37 Å². The summed E-state index contributed by atoms with van der Waals surface area (Å²) in [4.78, 5) is 8.67. The minimum atomic E-state index is -0.365. The fourth-order valence-electron chi connectivity index (χ4n) is 2.15. The molecule has 0 unspecified atom stereocenters. The largest absolute Gasteiger partial charge is 0.496 e. The van der Waals surface area contributed by atoms with Gasteiger partial charge in [0.1, 0.15) is 17.1 Å². The Balaban J connectivity index is 2.58. The smallest absolute Gasteiger partial charge is 0.137 e. The Bertz CT molecular complexity index is 799. The summed E-state index contributed by atoms with van der Waals surface area (Å²) >= 11 is 0. The summed E-state index contributed by atoms with van der Waals surface area (Å²) in [7, 11) is 1.50. The number of nitrogens with zero attached hydrogens (tertiary/aromatic N) is 2. The molecule has 0 saturated carbocycles. The molecular formula is C15H11FN2O. The van der Waals surface area contributed by atoms with Crippen LogP contribution < -0.4 is 4.74 Å². The average Bonchev–Trinajstić information content (AvgIpc) is 2.46. The summed E-state index contributed by atoms with van der Waals surface area (Å²) in [6.07, 6.45) is 3.26. The summed E-state index contributed by atoms with van der Waals surface area (Å²) in [5.41, 5.74) is 1.77. The van der Waals surface area contributed by atoms with E-state index in [4.69, 9.17) is 4.74 Å². The van der Waals surface area contributed by atoms with Crippen LogP contribution in [-0.4, -0.2) is 17.1 Å². The Kier molecular flexibility index (Phi) is 2.63. The molecule has 0 aliphatic carbocycles. The molecule has 0 saturated heterocycles. The van der Waals surface area contributed by atoms with E-state index >= 15 is 0 Å². The molecule has 0 bridgehead atoms. The molecule has 0 spiro atoms. The lowest BCUT2D eigenvalue weighted by molar-refractivity contribution is 0.417. The molecule has 3 rings (SSSR count). The second-order valence-corrected chi connectivity index (χ2v) is 4.11. The number of hydrogen-bond acceptors (Lipinski definition) is 3. The normalized spacial score (nSPS) is 10.8. The first-order valence-electron chi connectivity index (χ1n) is 5.79. The first-order valence-corrected chi connectivity index (χ1v) is 5.79. The van der Waals surface area contributed by atoms with Gasteiger partial charge in [-0.15, -0.1) is 0 Å². The van der Waals surface area contributed by atoms with Crippen LogP contribution in [0.25, 0.3) is 27.9 Å². The van der Waals surface area contributed by atoms with Crippen molar-refractivity contribution in [3.8, 4) is 5.75 Å². The maximum absolute atomic E-state index is 14.2. The lowest BCUT2D eigenvalue weighted by Gasteiger charge is -2.09. The van der Waals surface area contributed by atoms with Crippen molar-refractivity contribution in [3.63, 3.8) is 0 Å². The number of pyridine rings is 2. The predicted molar refractivity (Wildman–Crippen MR) is 73.6 cm³/mol. The number of hydrogen-bond donors (Lipinski definition) is 0. The maximum atomic E-state index is 14.2. The molecule has 0 atom stereocenters. The molecule has 3 nitrogen and oxygen atoms in total. The molecule has 0 N–H and O–H groups in total. The fraction of sp³-hybridized carbons (Fsp3) is 0.0667. The monoisotopic (exact) mass is 254 g/mol. The third-order valence-corrected chi connectivity index (χ3v) is 3.02. The molecule has 0 aliphatic heterocycles. The standard InChI is InChI=1S/C15H11FN2O/c1-3-10-8-12(19-2)13-11(16)7-9-5-4-6-17-14(9)15(13)18-10/h3-8H,1H2,2H3. The number of halogens is 1. The topological polar surface area (TPSA) is 35.0 Å². The van der Waals surface area contributed by atoms with Gasteiger partial charge < -0.3 is 4.74 Å². The van der Waals surface area contributed by atoms with Crippen molar-refractivity contribution in [3.05, 3.63) is 48.6 Å². The van der Waals surface area contributed by atoms with Crippen molar-refractivity contribution < 1.29 is 9.13 Å². The molecule has 1 aromatic carbocycles. The van der Waals surface area contributed by atoms with Gasteiger partial charge in [-0.3, -0.25) is 4.98 Å². The van der Waals surface area contributed by atoms with Crippen LogP contribution >= 0.6 is 0 Å². The van der Waals surface area contributed by atoms with Gasteiger partial charge in [-0.1, -0.05) is 12.6 Å². The van der Waals surface area contributed by atoms with Gasteiger partial charge in [0.2, 0.25) is 0 Å². The zero-order valence-electron chi connectivity index (χ0n) is 10.4. The SMILES string of the molecule is C=Cc1cc(OC)c2c(F)cc3cccnc3c2n1. The Hall–Kier alpha value is -2.49. The highest BCUT2D eigenvalue weighted by Crippen LogP contribution is 2.32. The fourth-order valence-corrected chi connectivity index (χ4v) is 2.15. The Morgan fingerprint density at radius 2 is 2.16 bits per heavy atom. The molecular weight excluding hydrogens is 243 g/mol. The minimum Gasteiger partial charge on any atom is -0.496 e. The molecule has 4 heteroatoms. The average molecular weight is 254 g/mol. The molecule has 3 aromatic rings. The molecule has 0 fully saturated rings. The zero-order chi connectivity index (χ0) is 13.4. The highest BCUT2D eigenvalue weighted by atomic mass is 19.1. The highest BCUT2D eigenvalue weighted by Gasteiger charge is 2.14. The van der Waals surface area contributed by atoms with E-state index in [0.717, 1.165) is 0 Å². The Labute approximate surface area is 109 Å². The van der Waals surface area contributed by atoms with Gasteiger partial charge in [0.25, 0.3) is 0 Å². The molecule has 2 heterocycles. The van der Waals surface area contributed by atoms with Gasteiger partial charge in [-0.05, 0) is 18.2 Å². The van der Waals surface area contributed by atoms with E-state index in [9.17, 15) is 4.39 Å². The number of aromatic nitrogens is 2. The Morgan fingerprint density at radius 3 is 2.89 bits per heavy atom. The summed E-state index contributed by atoms with van der Waals surface area (Å²) in [6, 6.07) is 6.68. The van der Waals surface area contributed by atoms with Crippen LogP contribution in [-0.2, 0) is 0 Å². The first-order chi connectivity index (χ1) is 9.24. The second kappa shape index (κ2) is 4.31. The molecule has 0 aliphatic rings. The number of ether oxygens (including phenoxy) is 1. The third kappa shape index (κ3) is 1.73.